The van der Waals surface area contributed by atoms with Crippen molar-refractivity contribution in [3.05, 3.63) is 10.1 Å². The first kappa shape index (κ1) is 23.9. The molecular weight excluding hydrogens is 384 g/mol. The van der Waals surface area contributed by atoms with Crippen LogP contribution in [0.4, 0.5) is 0 Å². The zero-order chi connectivity index (χ0) is 22.1. The maximum Gasteiger partial charge on any atom is 0.251 e. The standard InChI is InChI=1S/C16H30N8O5/c1-9(2)12(13(17)25)21-14(26)11-6-4-8-23(11)15(27)10(22-24(28)29)5-3-7-20-16(18)19/h9-12,22H,3-8H2,1-2H3,(H2,17,25)(H,21,26)(H4,18,19,20)/t10-,11-,12-/m0/s1. The van der Waals surface area contributed by atoms with Crippen LogP contribution in [-0.4, -0.2) is 64.8 Å². The van der Waals surface area contributed by atoms with Crippen LogP contribution in [0.25, 0.3) is 0 Å². The topological polar surface area (TPSA) is 212 Å². The highest BCUT2D eigenvalue weighted by atomic mass is 16.7. The van der Waals surface area contributed by atoms with E-state index in [1.165, 1.54) is 4.90 Å². The van der Waals surface area contributed by atoms with Gasteiger partial charge >= 0.3 is 0 Å². The number of nitrogens with zero attached hydrogens (tertiary/aromatic N) is 3. The van der Waals surface area contributed by atoms with Crippen LogP contribution < -0.4 is 27.9 Å². The maximum absolute atomic E-state index is 12.9. The summed E-state index contributed by atoms with van der Waals surface area (Å²) in [5, 5.41) is 12.7. The molecule has 8 N–H and O–H groups in total. The number of primary amides is 1. The molecule has 1 aliphatic rings. The molecule has 29 heavy (non-hydrogen) atoms. The van der Waals surface area contributed by atoms with Gasteiger partial charge in [-0.15, -0.1) is 5.43 Å². The molecule has 0 radical (unpaired) electrons. The molecule has 0 aromatic heterocycles. The summed E-state index contributed by atoms with van der Waals surface area (Å²) in [7, 11) is 0. The Hall–Kier alpha value is -3.12. The second-order valence-electron chi connectivity index (χ2n) is 7.21. The van der Waals surface area contributed by atoms with Crippen molar-refractivity contribution in [1.82, 2.24) is 15.6 Å². The lowest BCUT2D eigenvalue weighted by Gasteiger charge is -2.28. The minimum absolute atomic E-state index is 0.108. The highest BCUT2D eigenvalue weighted by Gasteiger charge is 2.39. The van der Waals surface area contributed by atoms with E-state index in [2.05, 4.69) is 10.3 Å². The zero-order valence-corrected chi connectivity index (χ0v) is 16.7. The Balaban J connectivity index is 2.85. The average molecular weight is 414 g/mol. The molecule has 0 aromatic carbocycles. The van der Waals surface area contributed by atoms with E-state index >= 15 is 0 Å². The van der Waals surface area contributed by atoms with Crippen molar-refractivity contribution in [2.75, 3.05) is 13.1 Å². The molecular formula is C16H30N8O5. The molecule has 1 heterocycles. The first-order valence-electron chi connectivity index (χ1n) is 9.40. The molecule has 1 saturated heterocycles. The van der Waals surface area contributed by atoms with Crippen molar-refractivity contribution in [1.29, 1.82) is 0 Å². The number of rotatable bonds is 11. The van der Waals surface area contributed by atoms with Gasteiger partial charge in [-0.3, -0.25) is 19.4 Å². The number of carbonyl (C=O) groups is 3. The monoisotopic (exact) mass is 414 g/mol. The third-order valence-electron chi connectivity index (χ3n) is 4.61. The number of nitrogens with one attached hydrogen (secondary N) is 2. The van der Waals surface area contributed by atoms with Gasteiger partial charge < -0.3 is 27.4 Å². The summed E-state index contributed by atoms with van der Waals surface area (Å²) in [6, 6.07) is -2.83. The Morgan fingerprint density at radius 2 is 1.93 bits per heavy atom. The van der Waals surface area contributed by atoms with E-state index < -0.39 is 40.9 Å². The molecule has 13 nitrogen and oxygen atoms in total. The smallest absolute Gasteiger partial charge is 0.251 e. The van der Waals surface area contributed by atoms with Crippen LogP contribution in [0, 0.1) is 16.0 Å². The Bertz CT molecular complexity index is 649. The van der Waals surface area contributed by atoms with Crippen molar-refractivity contribution in [2.45, 2.75) is 57.7 Å². The van der Waals surface area contributed by atoms with E-state index in [-0.39, 0.29) is 31.4 Å². The molecule has 0 aliphatic carbocycles. The predicted molar refractivity (Wildman–Crippen MR) is 105 cm³/mol. The van der Waals surface area contributed by atoms with Crippen LogP contribution in [-0.2, 0) is 14.4 Å². The largest absolute Gasteiger partial charge is 0.370 e. The molecule has 13 heteroatoms. The molecule has 1 aliphatic heterocycles. The maximum atomic E-state index is 12.9. The molecule has 3 atom stereocenters. The first-order valence-corrected chi connectivity index (χ1v) is 9.40. The number of nitro groups is 1. The number of nitrogens with two attached hydrogens (primary N) is 3. The van der Waals surface area contributed by atoms with E-state index in [0.717, 1.165) is 0 Å². The highest BCUT2D eigenvalue weighted by Crippen LogP contribution is 2.20. The fraction of sp³-hybridized carbons (Fsp3) is 0.750. The van der Waals surface area contributed by atoms with Crippen molar-refractivity contribution in [3.8, 4) is 0 Å². The number of aliphatic imine (C=N–C) groups is 1. The Morgan fingerprint density at radius 3 is 2.45 bits per heavy atom. The summed E-state index contributed by atoms with van der Waals surface area (Å²) in [6.45, 7) is 3.97. The normalized spacial score (nSPS) is 18.0. The van der Waals surface area contributed by atoms with E-state index in [1.807, 2.05) is 5.43 Å². The minimum atomic E-state index is -1.13. The highest BCUT2D eigenvalue weighted by molar-refractivity contribution is 5.93. The van der Waals surface area contributed by atoms with Crippen molar-refractivity contribution < 1.29 is 19.4 Å². The van der Waals surface area contributed by atoms with E-state index in [1.54, 1.807) is 13.8 Å². The molecule has 3 amide bonds. The molecule has 0 spiro atoms. The molecule has 0 aromatic rings. The second-order valence-corrected chi connectivity index (χ2v) is 7.21. The Morgan fingerprint density at radius 1 is 1.28 bits per heavy atom. The van der Waals surface area contributed by atoms with Gasteiger partial charge in [0.15, 0.2) is 17.0 Å². The minimum Gasteiger partial charge on any atom is -0.370 e. The first-order chi connectivity index (χ1) is 13.5. The number of hydrogen-bond donors (Lipinski definition) is 5. The van der Waals surface area contributed by atoms with Crippen LogP contribution >= 0.6 is 0 Å². The van der Waals surface area contributed by atoms with E-state index in [0.29, 0.717) is 19.3 Å². The van der Waals surface area contributed by atoms with Gasteiger partial charge in [0.2, 0.25) is 11.8 Å². The lowest BCUT2D eigenvalue weighted by atomic mass is 10.0. The Kier molecular flexibility index (Phi) is 9.09. The van der Waals surface area contributed by atoms with E-state index in [9.17, 15) is 24.5 Å². The van der Waals surface area contributed by atoms with Gasteiger partial charge in [-0.2, -0.15) is 0 Å². The number of amides is 3. The van der Waals surface area contributed by atoms with Crippen LogP contribution in [0.15, 0.2) is 4.99 Å². The average Bonchev–Trinajstić information content (AvgIpc) is 3.10. The molecule has 1 fully saturated rings. The molecule has 0 saturated carbocycles. The van der Waals surface area contributed by atoms with Crippen LogP contribution in [0.2, 0.25) is 0 Å². The van der Waals surface area contributed by atoms with Crippen molar-refractivity contribution in [3.63, 3.8) is 0 Å². The number of hydrazine groups is 1. The van der Waals surface area contributed by atoms with Gasteiger partial charge in [-0.05, 0) is 31.6 Å². The van der Waals surface area contributed by atoms with Gasteiger partial charge in [-0.1, -0.05) is 13.8 Å². The fourth-order valence-electron chi connectivity index (χ4n) is 3.19. The van der Waals surface area contributed by atoms with Gasteiger partial charge in [0.1, 0.15) is 12.1 Å². The van der Waals surface area contributed by atoms with Crippen molar-refractivity contribution in [2.24, 2.45) is 28.1 Å². The summed E-state index contributed by atoms with van der Waals surface area (Å²) in [5.41, 5.74) is 17.8. The SMILES string of the molecule is CC(C)[C@H](NC(=O)[C@@H]1CCCN1C(=O)[C@H](CCCN=C(N)N)N[N+](=O)[O-])C(N)=O. The summed E-state index contributed by atoms with van der Waals surface area (Å²) in [6.07, 6.45) is 1.39. The second kappa shape index (κ2) is 11.0. The zero-order valence-electron chi connectivity index (χ0n) is 16.7. The molecule has 0 bridgehead atoms. The summed E-state index contributed by atoms with van der Waals surface area (Å²) in [5.74, 6) is -2.07. The number of carbonyl (C=O) groups excluding carboxylic acids is 3. The lowest BCUT2D eigenvalue weighted by Crippen LogP contribution is -2.56. The number of guanidine groups is 1. The van der Waals surface area contributed by atoms with Gasteiger partial charge in [-0.25, -0.2) is 10.1 Å². The lowest BCUT2D eigenvalue weighted by molar-refractivity contribution is -0.548. The third-order valence-corrected chi connectivity index (χ3v) is 4.61. The van der Waals surface area contributed by atoms with Gasteiger partial charge in [0.05, 0.1) is 0 Å². The quantitative estimate of drug-likeness (QED) is 0.0821. The predicted octanol–water partition coefficient (Wildman–Crippen LogP) is -2.19. The number of hydrogen-bond acceptors (Lipinski definition) is 6. The van der Waals surface area contributed by atoms with Crippen LogP contribution in [0.3, 0.4) is 0 Å². The van der Waals surface area contributed by atoms with Crippen LogP contribution in [0.1, 0.15) is 39.5 Å². The Labute approximate surface area is 168 Å². The van der Waals surface area contributed by atoms with Gasteiger partial charge in [0.25, 0.3) is 5.91 Å². The van der Waals surface area contributed by atoms with Crippen LogP contribution in [0.5, 0.6) is 0 Å². The third kappa shape index (κ3) is 7.43. The fourth-order valence-corrected chi connectivity index (χ4v) is 3.19. The summed E-state index contributed by atoms with van der Waals surface area (Å²) < 4.78 is 0. The summed E-state index contributed by atoms with van der Waals surface area (Å²) in [4.78, 5) is 53.1. The number of likely N-dealkylation sites (tertiary alicyclic amines) is 1. The van der Waals surface area contributed by atoms with Crippen molar-refractivity contribution >= 4 is 23.7 Å². The summed E-state index contributed by atoms with van der Waals surface area (Å²) >= 11 is 0. The molecule has 1 rings (SSSR count). The molecule has 0 unspecified atom stereocenters. The van der Waals surface area contributed by atoms with Gasteiger partial charge in [0, 0.05) is 13.1 Å². The molecule has 164 valence electrons. The van der Waals surface area contributed by atoms with E-state index in [4.69, 9.17) is 17.2 Å².